The van der Waals surface area contributed by atoms with Gasteiger partial charge in [0, 0.05) is 6.61 Å². The van der Waals surface area contributed by atoms with Gasteiger partial charge in [0.1, 0.15) is 0 Å². The molecule has 10 heavy (non-hydrogen) atoms. The minimum absolute atomic E-state index is 0.651. The Kier molecular flexibility index (Phi) is 1.69. The zero-order chi connectivity index (χ0) is 6.86. The van der Waals surface area contributed by atoms with E-state index in [9.17, 15) is 0 Å². The third-order valence-electron chi connectivity index (χ3n) is 3.07. The lowest BCUT2D eigenvalue weighted by molar-refractivity contribution is -0.00383. The molecule has 2 aliphatic rings. The smallest absolute Gasteiger partial charge is 0.0522 e. The van der Waals surface area contributed by atoms with Crippen molar-refractivity contribution in [2.75, 3.05) is 13.2 Å². The molecule has 58 valence electrons. The highest BCUT2D eigenvalue weighted by molar-refractivity contribution is 4.86. The van der Waals surface area contributed by atoms with Gasteiger partial charge in [-0.25, -0.2) is 0 Å². The van der Waals surface area contributed by atoms with Crippen LogP contribution in [0, 0.1) is 5.41 Å². The molecule has 0 N–H and O–H groups in total. The van der Waals surface area contributed by atoms with Gasteiger partial charge in [0.05, 0.1) is 6.61 Å². The quantitative estimate of drug-likeness (QED) is 0.502. The van der Waals surface area contributed by atoms with Crippen LogP contribution in [0.25, 0.3) is 0 Å². The van der Waals surface area contributed by atoms with Crippen LogP contribution in [-0.2, 0) is 4.74 Å². The minimum Gasteiger partial charge on any atom is -0.381 e. The van der Waals surface area contributed by atoms with E-state index < -0.39 is 0 Å². The molecule has 1 nitrogen and oxygen atoms in total. The molecule has 1 saturated heterocycles. The topological polar surface area (TPSA) is 9.23 Å². The van der Waals surface area contributed by atoms with Gasteiger partial charge >= 0.3 is 0 Å². The van der Waals surface area contributed by atoms with Gasteiger partial charge in [0.2, 0.25) is 0 Å². The molecule has 0 atom stereocenters. The Bertz CT molecular complexity index is 106. The van der Waals surface area contributed by atoms with Crippen molar-refractivity contribution in [1.29, 1.82) is 0 Å². The summed E-state index contributed by atoms with van der Waals surface area (Å²) in [7, 11) is 0. The first-order valence-electron chi connectivity index (χ1n) is 4.49. The van der Waals surface area contributed by atoms with Gasteiger partial charge in [-0.3, -0.25) is 0 Å². The van der Waals surface area contributed by atoms with Gasteiger partial charge in [-0.2, -0.15) is 0 Å². The Morgan fingerprint density at radius 3 is 2.20 bits per heavy atom. The largest absolute Gasteiger partial charge is 0.381 e. The summed E-state index contributed by atoms with van der Waals surface area (Å²) >= 11 is 0. The van der Waals surface area contributed by atoms with Gasteiger partial charge < -0.3 is 4.74 Å². The van der Waals surface area contributed by atoms with Crippen LogP contribution in [0.1, 0.15) is 38.5 Å². The fraction of sp³-hybridized carbons (Fsp3) is 1.00. The maximum absolute atomic E-state index is 5.51. The monoisotopic (exact) mass is 140 g/mol. The van der Waals surface area contributed by atoms with E-state index in [1.807, 2.05) is 0 Å². The van der Waals surface area contributed by atoms with E-state index in [0.717, 1.165) is 13.2 Å². The van der Waals surface area contributed by atoms with Crippen molar-refractivity contribution < 1.29 is 4.74 Å². The van der Waals surface area contributed by atoms with E-state index in [-0.39, 0.29) is 0 Å². The molecule has 0 aromatic rings. The van der Waals surface area contributed by atoms with E-state index in [4.69, 9.17) is 4.74 Å². The number of hydrogen-bond acceptors (Lipinski definition) is 1. The highest BCUT2D eigenvalue weighted by Crippen LogP contribution is 2.43. The van der Waals surface area contributed by atoms with Crippen LogP contribution in [-0.4, -0.2) is 13.2 Å². The van der Waals surface area contributed by atoms with Crippen molar-refractivity contribution in [1.82, 2.24) is 0 Å². The summed E-state index contributed by atoms with van der Waals surface area (Å²) in [6.45, 7) is 2.08. The van der Waals surface area contributed by atoms with Gasteiger partial charge in [-0.05, 0) is 31.1 Å². The van der Waals surface area contributed by atoms with Crippen LogP contribution in [0.2, 0.25) is 0 Å². The molecular weight excluding hydrogens is 124 g/mol. The maximum atomic E-state index is 5.51. The molecule has 0 aromatic carbocycles. The first-order chi connectivity index (χ1) is 4.91. The Morgan fingerprint density at radius 1 is 0.900 bits per heavy atom. The molecule has 1 aliphatic heterocycles. The van der Waals surface area contributed by atoms with Gasteiger partial charge in [-0.15, -0.1) is 0 Å². The van der Waals surface area contributed by atoms with Crippen molar-refractivity contribution in [3.05, 3.63) is 0 Å². The lowest BCUT2D eigenvalue weighted by Gasteiger charge is -2.32. The predicted molar refractivity (Wildman–Crippen MR) is 41.0 cm³/mol. The Morgan fingerprint density at radius 2 is 1.60 bits per heavy atom. The normalized spacial score (nSPS) is 31.2. The predicted octanol–water partition coefficient (Wildman–Crippen LogP) is 2.36. The Balaban J connectivity index is 1.98. The molecule has 1 saturated carbocycles. The van der Waals surface area contributed by atoms with Crippen molar-refractivity contribution in [3.63, 3.8) is 0 Å². The number of ether oxygens (including phenoxy) is 1. The van der Waals surface area contributed by atoms with E-state index in [0.29, 0.717) is 5.41 Å². The molecule has 0 amide bonds. The number of hydrogen-bond donors (Lipinski definition) is 0. The molecule has 0 bridgehead atoms. The third-order valence-corrected chi connectivity index (χ3v) is 3.07. The zero-order valence-corrected chi connectivity index (χ0v) is 6.57. The fourth-order valence-electron chi connectivity index (χ4n) is 2.43. The highest BCUT2D eigenvalue weighted by atomic mass is 16.5. The molecular formula is C9H16O. The van der Waals surface area contributed by atoms with Crippen LogP contribution < -0.4 is 0 Å². The summed E-state index contributed by atoms with van der Waals surface area (Å²) in [6.07, 6.45) is 8.51. The average molecular weight is 140 g/mol. The van der Waals surface area contributed by atoms with Crippen LogP contribution in [0.15, 0.2) is 0 Å². The van der Waals surface area contributed by atoms with E-state index >= 15 is 0 Å². The van der Waals surface area contributed by atoms with Crippen LogP contribution in [0.4, 0.5) is 0 Å². The number of rotatable bonds is 0. The van der Waals surface area contributed by atoms with Gasteiger partial charge in [0.25, 0.3) is 0 Å². The summed E-state index contributed by atoms with van der Waals surface area (Å²) in [5.41, 5.74) is 0.651. The summed E-state index contributed by atoms with van der Waals surface area (Å²) in [4.78, 5) is 0. The van der Waals surface area contributed by atoms with E-state index in [1.54, 1.807) is 0 Å². The second-order valence-electron chi connectivity index (χ2n) is 3.86. The summed E-state index contributed by atoms with van der Waals surface area (Å²) < 4.78 is 5.51. The fourth-order valence-corrected chi connectivity index (χ4v) is 2.43. The molecule has 2 rings (SSSR count). The van der Waals surface area contributed by atoms with E-state index in [1.165, 1.54) is 38.5 Å². The zero-order valence-electron chi connectivity index (χ0n) is 6.57. The second kappa shape index (κ2) is 2.54. The molecule has 1 heteroatoms. The van der Waals surface area contributed by atoms with Crippen LogP contribution >= 0.6 is 0 Å². The first-order valence-corrected chi connectivity index (χ1v) is 4.49. The summed E-state index contributed by atoms with van der Waals surface area (Å²) in [5.74, 6) is 0. The SMILES string of the molecule is C1CCC2(C1)CCCOC2. The van der Waals surface area contributed by atoms with Crippen molar-refractivity contribution >= 4 is 0 Å². The van der Waals surface area contributed by atoms with Crippen molar-refractivity contribution in [3.8, 4) is 0 Å². The summed E-state index contributed by atoms with van der Waals surface area (Å²) in [6, 6.07) is 0. The van der Waals surface area contributed by atoms with Gasteiger partial charge in [0.15, 0.2) is 0 Å². The third kappa shape index (κ3) is 1.07. The van der Waals surface area contributed by atoms with E-state index in [2.05, 4.69) is 0 Å². The Labute approximate surface area is 62.8 Å². The lowest BCUT2D eigenvalue weighted by atomic mass is 9.81. The molecule has 1 aliphatic carbocycles. The van der Waals surface area contributed by atoms with Crippen molar-refractivity contribution in [2.45, 2.75) is 38.5 Å². The lowest BCUT2D eigenvalue weighted by Crippen LogP contribution is -2.28. The Hall–Kier alpha value is -0.0400. The first kappa shape index (κ1) is 6.66. The molecule has 0 unspecified atom stereocenters. The van der Waals surface area contributed by atoms with Crippen LogP contribution in [0.3, 0.4) is 0 Å². The second-order valence-corrected chi connectivity index (χ2v) is 3.86. The minimum atomic E-state index is 0.651. The van der Waals surface area contributed by atoms with Gasteiger partial charge in [-0.1, -0.05) is 12.8 Å². The summed E-state index contributed by atoms with van der Waals surface area (Å²) in [5, 5.41) is 0. The molecule has 2 fully saturated rings. The van der Waals surface area contributed by atoms with Crippen LogP contribution in [0.5, 0.6) is 0 Å². The highest BCUT2D eigenvalue weighted by Gasteiger charge is 2.35. The maximum Gasteiger partial charge on any atom is 0.0522 e. The molecule has 0 aromatic heterocycles. The van der Waals surface area contributed by atoms with Crippen molar-refractivity contribution in [2.24, 2.45) is 5.41 Å². The molecule has 1 spiro atoms. The average Bonchev–Trinajstić information content (AvgIpc) is 2.39. The molecule has 0 radical (unpaired) electrons. The molecule has 1 heterocycles. The standard InChI is InChI=1S/C9H16O/c1-2-5-9(4-1)6-3-7-10-8-9/h1-8H2.